The maximum atomic E-state index is 13.5. The molecule has 0 bridgehead atoms. The third-order valence-corrected chi connectivity index (χ3v) is 5.83. The van der Waals surface area contributed by atoms with E-state index in [2.05, 4.69) is 5.32 Å². The summed E-state index contributed by atoms with van der Waals surface area (Å²) < 4.78 is 13.4. The topological polar surface area (TPSA) is 92.5 Å². The van der Waals surface area contributed by atoms with Crippen molar-refractivity contribution in [3.8, 4) is 11.1 Å². The van der Waals surface area contributed by atoms with E-state index >= 15 is 0 Å². The largest absolute Gasteiger partial charge is 0.398 e. The zero-order valence-electron chi connectivity index (χ0n) is 18.3. The van der Waals surface area contributed by atoms with E-state index in [1.165, 1.54) is 25.1 Å². The van der Waals surface area contributed by atoms with E-state index in [1.54, 1.807) is 31.2 Å². The molecule has 0 saturated heterocycles. The number of fused-ring (bicyclic) bond motifs is 3. The van der Waals surface area contributed by atoms with Crippen LogP contribution >= 0.6 is 0 Å². The van der Waals surface area contributed by atoms with Gasteiger partial charge in [0.2, 0.25) is 11.8 Å². The lowest BCUT2D eigenvalue weighted by atomic mass is 9.92. The molecule has 2 atom stereocenters. The zero-order valence-corrected chi connectivity index (χ0v) is 18.3. The highest BCUT2D eigenvalue weighted by Gasteiger charge is 2.37. The van der Waals surface area contributed by atoms with Crippen molar-refractivity contribution >= 4 is 29.1 Å². The number of carbonyl (C=O) groups is 3. The van der Waals surface area contributed by atoms with Gasteiger partial charge in [0, 0.05) is 11.3 Å². The van der Waals surface area contributed by atoms with Gasteiger partial charge in [-0.2, -0.15) is 0 Å². The number of imide groups is 1. The number of nitrogens with one attached hydrogen (secondary N) is 1. The van der Waals surface area contributed by atoms with Gasteiger partial charge in [-0.1, -0.05) is 42.5 Å². The van der Waals surface area contributed by atoms with Crippen molar-refractivity contribution in [2.75, 3.05) is 10.6 Å². The first-order chi connectivity index (χ1) is 15.8. The van der Waals surface area contributed by atoms with Crippen LogP contribution in [-0.2, 0) is 20.8 Å². The van der Waals surface area contributed by atoms with Crippen molar-refractivity contribution in [2.45, 2.75) is 32.2 Å². The van der Waals surface area contributed by atoms with Gasteiger partial charge >= 0.3 is 0 Å². The molecule has 3 N–H and O–H groups in total. The molecule has 4 rings (SSSR count). The number of rotatable bonds is 4. The number of nitrogen functional groups attached to an aromatic ring is 1. The first-order valence-electron chi connectivity index (χ1n) is 10.7. The smallest absolute Gasteiger partial charge is 0.256 e. The van der Waals surface area contributed by atoms with Crippen molar-refractivity contribution < 1.29 is 18.8 Å². The number of hydrogen-bond donors (Lipinski definition) is 2. The lowest BCUT2D eigenvalue weighted by molar-refractivity contribution is -0.131. The Morgan fingerprint density at radius 3 is 2.58 bits per heavy atom. The number of nitrogens with two attached hydrogens (primary N) is 1. The highest BCUT2D eigenvalue weighted by atomic mass is 19.1. The lowest BCUT2D eigenvalue weighted by Crippen LogP contribution is -2.50. The maximum absolute atomic E-state index is 13.5. The Labute approximate surface area is 191 Å². The molecule has 0 radical (unpaired) electrons. The Balaban J connectivity index is 1.65. The Morgan fingerprint density at radius 1 is 1.09 bits per heavy atom. The summed E-state index contributed by atoms with van der Waals surface area (Å²) in [5, 5.41) is 2.63. The molecular formula is C26H24FN3O3. The monoisotopic (exact) mass is 445 g/mol. The van der Waals surface area contributed by atoms with Gasteiger partial charge in [-0.3, -0.25) is 14.4 Å². The summed E-state index contributed by atoms with van der Waals surface area (Å²) in [5.74, 6) is -2.45. The molecule has 1 aliphatic rings. The van der Waals surface area contributed by atoms with Crippen molar-refractivity contribution in [1.82, 2.24) is 5.32 Å². The van der Waals surface area contributed by atoms with Gasteiger partial charge in [0.1, 0.15) is 11.9 Å². The minimum atomic E-state index is -0.988. The second kappa shape index (κ2) is 8.86. The predicted octanol–water partition coefficient (Wildman–Crippen LogP) is 3.80. The predicted molar refractivity (Wildman–Crippen MR) is 125 cm³/mol. The fourth-order valence-corrected chi connectivity index (χ4v) is 4.19. The van der Waals surface area contributed by atoms with E-state index in [9.17, 15) is 18.8 Å². The highest BCUT2D eigenvalue weighted by molar-refractivity contribution is 6.22. The van der Waals surface area contributed by atoms with Gasteiger partial charge < -0.3 is 11.1 Å². The second-order valence-electron chi connectivity index (χ2n) is 8.16. The molecule has 1 aliphatic heterocycles. The number of nitrogens with zero attached hydrogens (tertiary/aromatic N) is 1. The summed E-state index contributed by atoms with van der Waals surface area (Å²) in [6, 6.07) is 17.2. The van der Waals surface area contributed by atoms with E-state index in [4.69, 9.17) is 5.73 Å². The van der Waals surface area contributed by atoms with Gasteiger partial charge in [-0.05, 0) is 54.8 Å². The minimum Gasteiger partial charge on any atom is -0.398 e. The molecule has 0 fully saturated rings. The van der Waals surface area contributed by atoms with Crippen LogP contribution in [0.1, 0.15) is 30.9 Å². The fourth-order valence-electron chi connectivity index (χ4n) is 4.19. The fraction of sp³-hybridized carbons (Fsp3) is 0.192. The van der Waals surface area contributed by atoms with Crippen LogP contribution in [0.25, 0.3) is 11.1 Å². The highest BCUT2D eigenvalue weighted by Crippen LogP contribution is 2.44. The standard InChI is InChI=1S/C26H24FN3O3/c1-15-19-9-3-4-10-20(19)24-21(28)11-6-12-22(24)30(25(15)32)26(33)16(2)29-23(31)14-17-7-5-8-18(27)13-17/h3-13,15-16H,14,28H2,1-2H3,(H,29,31)/t15?,16-/m0/s1. The van der Waals surface area contributed by atoms with Crippen LogP contribution in [0.4, 0.5) is 15.8 Å². The normalized spacial score (nSPS) is 15.8. The van der Waals surface area contributed by atoms with Crippen molar-refractivity contribution in [2.24, 2.45) is 0 Å². The molecule has 7 heteroatoms. The molecule has 1 heterocycles. The van der Waals surface area contributed by atoms with Crippen LogP contribution < -0.4 is 16.0 Å². The van der Waals surface area contributed by atoms with Gasteiger partial charge in [-0.25, -0.2) is 9.29 Å². The molecule has 0 spiro atoms. The first kappa shape index (κ1) is 22.2. The van der Waals surface area contributed by atoms with Crippen LogP contribution in [0.5, 0.6) is 0 Å². The van der Waals surface area contributed by atoms with E-state index < -0.39 is 35.5 Å². The van der Waals surface area contributed by atoms with Gasteiger partial charge in [0.05, 0.1) is 18.0 Å². The number of halogens is 1. The SMILES string of the molecule is CC1C(=O)N(C(=O)[C@H](C)NC(=O)Cc2cccc(F)c2)c2cccc(N)c2-c2ccccc21. The molecule has 33 heavy (non-hydrogen) atoms. The minimum absolute atomic E-state index is 0.0886. The van der Waals surface area contributed by atoms with Gasteiger partial charge in [-0.15, -0.1) is 0 Å². The molecule has 1 unspecified atom stereocenters. The number of carbonyl (C=O) groups excluding carboxylic acids is 3. The van der Waals surface area contributed by atoms with Crippen LogP contribution in [0.3, 0.4) is 0 Å². The maximum Gasteiger partial charge on any atom is 0.256 e. The molecule has 6 nitrogen and oxygen atoms in total. The second-order valence-corrected chi connectivity index (χ2v) is 8.16. The molecule has 0 saturated carbocycles. The van der Waals surface area contributed by atoms with E-state index in [-0.39, 0.29) is 6.42 Å². The number of hydrogen-bond acceptors (Lipinski definition) is 4. The first-order valence-corrected chi connectivity index (χ1v) is 10.7. The molecular weight excluding hydrogens is 421 g/mol. The van der Waals surface area contributed by atoms with E-state index in [1.807, 2.05) is 24.3 Å². The molecule has 0 aromatic heterocycles. The average Bonchev–Trinajstić information content (AvgIpc) is 2.87. The molecule has 168 valence electrons. The number of anilines is 2. The Bertz CT molecular complexity index is 1260. The van der Waals surface area contributed by atoms with E-state index in [0.717, 1.165) is 16.0 Å². The van der Waals surface area contributed by atoms with Crippen molar-refractivity contribution in [1.29, 1.82) is 0 Å². The Kier molecular flexibility index (Phi) is 5.96. The molecule has 3 aromatic carbocycles. The summed E-state index contributed by atoms with van der Waals surface area (Å²) in [4.78, 5) is 40.5. The lowest BCUT2D eigenvalue weighted by Gasteiger charge is -2.26. The molecule has 3 amide bonds. The summed E-state index contributed by atoms with van der Waals surface area (Å²) in [6.45, 7) is 3.27. The van der Waals surface area contributed by atoms with Gasteiger partial charge in [0.25, 0.3) is 5.91 Å². The Hall–Kier alpha value is -4.00. The van der Waals surface area contributed by atoms with Gasteiger partial charge in [0.15, 0.2) is 0 Å². The number of amides is 3. The van der Waals surface area contributed by atoms with Crippen LogP contribution in [0, 0.1) is 5.82 Å². The van der Waals surface area contributed by atoms with Crippen LogP contribution in [0.15, 0.2) is 66.7 Å². The third-order valence-electron chi connectivity index (χ3n) is 5.83. The summed E-state index contributed by atoms with van der Waals surface area (Å²) in [6.07, 6.45) is -0.0886. The third kappa shape index (κ3) is 4.22. The summed E-state index contributed by atoms with van der Waals surface area (Å²) in [7, 11) is 0. The summed E-state index contributed by atoms with van der Waals surface area (Å²) >= 11 is 0. The molecule has 3 aromatic rings. The van der Waals surface area contributed by atoms with Crippen molar-refractivity contribution in [3.05, 3.63) is 83.7 Å². The molecule has 0 aliphatic carbocycles. The van der Waals surface area contributed by atoms with Crippen LogP contribution in [0.2, 0.25) is 0 Å². The average molecular weight is 445 g/mol. The number of benzene rings is 3. The zero-order chi connectivity index (χ0) is 23.7. The van der Waals surface area contributed by atoms with Crippen molar-refractivity contribution in [3.63, 3.8) is 0 Å². The van der Waals surface area contributed by atoms with Crippen LogP contribution in [-0.4, -0.2) is 23.8 Å². The Morgan fingerprint density at radius 2 is 1.82 bits per heavy atom. The summed E-state index contributed by atoms with van der Waals surface area (Å²) in [5.41, 5.74) is 9.78. The van der Waals surface area contributed by atoms with E-state index in [0.29, 0.717) is 22.5 Å². The quantitative estimate of drug-likeness (QED) is 0.598.